The topological polar surface area (TPSA) is 58.4 Å². The molecule has 3 N–H and O–H groups in total. The summed E-state index contributed by atoms with van der Waals surface area (Å²) in [5.41, 5.74) is 6.83. The normalized spacial score (nSPS) is 17.8. The van der Waals surface area contributed by atoms with Crippen LogP contribution in [0.15, 0.2) is 24.3 Å². The van der Waals surface area contributed by atoms with E-state index in [2.05, 4.69) is 76.1 Å². The first kappa shape index (κ1) is 16.6. The molecule has 0 aliphatic carbocycles. The molecular formula is C18H27N3O. The lowest BCUT2D eigenvalue weighted by atomic mass is 9.84. The van der Waals surface area contributed by atoms with Crippen molar-refractivity contribution in [3.63, 3.8) is 0 Å². The van der Waals surface area contributed by atoms with E-state index >= 15 is 0 Å². The van der Waals surface area contributed by atoms with Gasteiger partial charge >= 0.3 is 0 Å². The van der Waals surface area contributed by atoms with Gasteiger partial charge in [0.1, 0.15) is 6.04 Å². The molecule has 0 aromatic heterocycles. The number of hydrazine groups is 1. The number of carbonyl (C=O) groups is 1. The molecule has 22 heavy (non-hydrogen) atoms. The van der Waals surface area contributed by atoms with Gasteiger partial charge in [0.05, 0.1) is 5.54 Å². The Morgan fingerprint density at radius 3 is 2.45 bits per heavy atom. The van der Waals surface area contributed by atoms with Gasteiger partial charge in [-0.05, 0) is 44.7 Å². The monoisotopic (exact) mass is 301 g/mol. The molecule has 0 saturated heterocycles. The zero-order valence-electron chi connectivity index (χ0n) is 14.4. The zero-order chi connectivity index (χ0) is 16.7. The third-order valence-electron chi connectivity index (χ3n) is 4.41. The Morgan fingerprint density at radius 2 is 1.91 bits per heavy atom. The van der Waals surface area contributed by atoms with Gasteiger partial charge in [-0.15, -0.1) is 0 Å². The molecule has 0 radical (unpaired) electrons. The number of carbonyl (C=O) groups excluding carboxylic acids is 1. The number of nitrogens with one attached hydrogen (secondary N) is 1. The van der Waals surface area contributed by atoms with E-state index in [1.165, 1.54) is 16.7 Å². The van der Waals surface area contributed by atoms with Crippen LogP contribution in [-0.2, 0) is 4.79 Å². The van der Waals surface area contributed by atoms with E-state index in [0.29, 0.717) is 0 Å². The van der Waals surface area contributed by atoms with E-state index in [4.69, 9.17) is 5.84 Å². The third kappa shape index (κ3) is 2.63. The number of rotatable bonds is 3. The summed E-state index contributed by atoms with van der Waals surface area (Å²) in [6, 6.07) is 5.96. The molecule has 1 amide bonds. The standard InChI is InChI=1S/C18H27N3O/c1-11(2)15(17(22)20-19)21-16-12(3)8-7-9-14(16)13(4)10-18(21,5)6/h7-11,15H,19H2,1-6H3,(H,20,22). The largest absolute Gasteiger partial charge is 0.350 e. The van der Waals surface area contributed by atoms with Crippen LogP contribution in [0.1, 0.15) is 45.7 Å². The summed E-state index contributed by atoms with van der Waals surface area (Å²) in [5, 5.41) is 0. The smallest absolute Gasteiger partial charge is 0.256 e. The van der Waals surface area contributed by atoms with Crippen molar-refractivity contribution < 1.29 is 4.79 Å². The second kappa shape index (κ2) is 5.76. The van der Waals surface area contributed by atoms with Gasteiger partial charge in [-0.25, -0.2) is 5.84 Å². The van der Waals surface area contributed by atoms with Crippen LogP contribution >= 0.6 is 0 Å². The fourth-order valence-electron chi connectivity index (χ4n) is 3.56. The number of hydrogen-bond acceptors (Lipinski definition) is 3. The molecule has 1 aliphatic heterocycles. The highest BCUT2D eigenvalue weighted by atomic mass is 16.2. The first-order chi connectivity index (χ1) is 10.2. The van der Waals surface area contributed by atoms with Crippen LogP contribution in [0, 0.1) is 12.8 Å². The molecule has 1 aromatic carbocycles. The number of para-hydroxylation sites is 1. The molecule has 1 heterocycles. The summed E-state index contributed by atoms with van der Waals surface area (Å²) >= 11 is 0. The summed E-state index contributed by atoms with van der Waals surface area (Å²) in [5.74, 6) is 5.44. The number of anilines is 1. The van der Waals surface area contributed by atoms with Crippen LogP contribution in [0.4, 0.5) is 5.69 Å². The van der Waals surface area contributed by atoms with E-state index in [1.807, 2.05) is 0 Å². The van der Waals surface area contributed by atoms with Crippen LogP contribution < -0.4 is 16.2 Å². The van der Waals surface area contributed by atoms with Gasteiger partial charge in [-0.3, -0.25) is 10.2 Å². The zero-order valence-corrected chi connectivity index (χ0v) is 14.4. The second-order valence-corrected chi connectivity index (χ2v) is 7.02. The predicted octanol–water partition coefficient (Wildman–Crippen LogP) is 3.01. The number of allylic oxidation sites excluding steroid dienone is 1. The Bertz CT molecular complexity index is 617. The average molecular weight is 301 g/mol. The van der Waals surface area contributed by atoms with E-state index in [9.17, 15) is 4.79 Å². The van der Waals surface area contributed by atoms with E-state index in [0.717, 1.165) is 5.69 Å². The fraction of sp³-hybridized carbons (Fsp3) is 0.500. The number of nitrogens with two attached hydrogens (primary N) is 1. The lowest BCUT2D eigenvalue weighted by Crippen LogP contribution is -2.60. The number of nitrogens with zero attached hydrogens (tertiary/aromatic N) is 1. The van der Waals surface area contributed by atoms with Crippen molar-refractivity contribution in [1.82, 2.24) is 5.43 Å². The predicted molar refractivity (Wildman–Crippen MR) is 92.3 cm³/mol. The maximum absolute atomic E-state index is 12.4. The van der Waals surface area contributed by atoms with Gasteiger partial charge in [-0.1, -0.05) is 38.1 Å². The van der Waals surface area contributed by atoms with Crippen LogP contribution in [0.5, 0.6) is 0 Å². The van der Waals surface area contributed by atoms with Crippen LogP contribution in [-0.4, -0.2) is 17.5 Å². The summed E-state index contributed by atoms with van der Waals surface area (Å²) < 4.78 is 0. The third-order valence-corrected chi connectivity index (χ3v) is 4.41. The minimum atomic E-state index is -0.316. The Balaban J connectivity index is 2.71. The number of benzene rings is 1. The molecule has 0 fully saturated rings. The van der Waals surface area contributed by atoms with Gasteiger partial charge < -0.3 is 4.90 Å². The van der Waals surface area contributed by atoms with Crippen molar-refractivity contribution in [1.29, 1.82) is 0 Å². The molecule has 1 unspecified atom stereocenters. The molecule has 0 bridgehead atoms. The van der Waals surface area contributed by atoms with Crippen molar-refractivity contribution in [2.24, 2.45) is 11.8 Å². The lowest BCUT2D eigenvalue weighted by molar-refractivity contribution is -0.123. The lowest BCUT2D eigenvalue weighted by Gasteiger charge is -2.49. The van der Waals surface area contributed by atoms with Crippen LogP contribution in [0.25, 0.3) is 5.57 Å². The van der Waals surface area contributed by atoms with Crippen molar-refractivity contribution in [2.45, 2.75) is 53.1 Å². The minimum Gasteiger partial charge on any atom is -0.350 e. The Kier molecular flexibility index (Phi) is 4.34. The van der Waals surface area contributed by atoms with E-state index in [1.54, 1.807) is 0 Å². The summed E-state index contributed by atoms with van der Waals surface area (Å²) in [4.78, 5) is 14.7. The highest BCUT2D eigenvalue weighted by Gasteiger charge is 2.41. The van der Waals surface area contributed by atoms with Crippen molar-refractivity contribution in [3.05, 3.63) is 35.4 Å². The fourth-order valence-corrected chi connectivity index (χ4v) is 3.56. The maximum Gasteiger partial charge on any atom is 0.256 e. The molecule has 0 spiro atoms. The van der Waals surface area contributed by atoms with Gasteiger partial charge in [-0.2, -0.15) is 0 Å². The maximum atomic E-state index is 12.4. The van der Waals surface area contributed by atoms with Gasteiger partial charge in [0.2, 0.25) is 0 Å². The molecule has 4 nitrogen and oxygen atoms in total. The van der Waals surface area contributed by atoms with Gasteiger partial charge in [0.25, 0.3) is 5.91 Å². The summed E-state index contributed by atoms with van der Waals surface area (Å²) in [6.45, 7) is 12.6. The number of fused-ring (bicyclic) bond motifs is 1. The average Bonchev–Trinajstić information content (AvgIpc) is 2.42. The molecule has 4 heteroatoms. The van der Waals surface area contributed by atoms with Gasteiger partial charge in [0.15, 0.2) is 0 Å². The first-order valence-electron chi connectivity index (χ1n) is 7.80. The van der Waals surface area contributed by atoms with Crippen LogP contribution in [0.3, 0.4) is 0 Å². The summed E-state index contributed by atoms with van der Waals surface area (Å²) in [7, 11) is 0. The first-order valence-corrected chi connectivity index (χ1v) is 7.80. The molecule has 1 atom stereocenters. The quantitative estimate of drug-likeness (QED) is 0.512. The number of hydrogen-bond donors (Lipinski definition) is 2. The van der Waals surface area contributed by atoms with E-state index < -0.39 is 0 Å². The van der Waals surface area contributed by atoms with Crippen LogP contribution in [0.2, 0.25) is 0 Å². The molecule has 1 aromatic rings. The molecular weight excluding hydrogens is 274 g/mol. The molecule has 2 rings (SSSR count). The van der Waals surface area contributed by atoms with Gasteiger partial charge in [0, 0.05) is 11.3 Å². The molecule has 0 saturated carbocycles. The minimum absolute atomic E-state index is 0.141. The van der Waals surface area contributed by atoms with Crippen molar-refractivity contribution in [3.8, 4) is 0 Å². The number of aryl methyl sites for hydroxylation is 1. The van der Waals surface area contributed by atoms with Crippen molar-refractivity contribution >= 4 is 17.2 Å². The second-order valence-electron chi connectivity index (χ2n) is 7.02. The molecule has 120 valence electrons. The Morgan fingerprint density at radius 1 is 1.27 bits per heavy atom. The van der Waals surface area contributed by atoms with E-state index in [-0.39, 0.29) is 23.4 Å². The Hall–Kier alpha value is -1.81. The van der Waals surface area contributed by atoms with Crippen molar-refractivity contribution in [2.75, 3.05) is 4.90 Å². The Labute approximate surface area is 133 Å². The number of amides is 1. The highest BCUT2D eigenvalue weighted by molar-refractivity contribution is 5.90. The molecule has 1 aliphatic rings. The highest BCUT2D eigenvalue weighted by Crippen LogP contribution is 2.43. The summed E-state index contributed by atoms with van der Waals surface area (Å²) in [6.07, 6.45) is 2.23. The SMILES string of the molecule is CC1=CC(C)(C)N(C(C(=O)NN)C(C)C)c2c(C)cccc21.